The van der Waals surface area contributed by atoms with E-state index in [1.54, 1.807) is 0 Å². The Morgan fingerprint density at radius 3 is 1.85 bits per heavy atom. The molecule has 0 aromatic rings. The van der Waals surface area contributed by atoms with Crippen molar-refractivity contribution in [1.82, 2.24) is 4.90 Å². The number of rotatable bonds is 5. The zero-order valence-electron chi connectivity index (χ0n) is 14.0. The molecule has 2 heteroatoms. The standard InChI is InChI=1S/C18H36N2/c1-4-13-20(18-11-7-16(19)8-12-18)17-9-5-15(6-10-17)14(2)3/h14-18H,4-13,19H2,1-3H3. The number of hydrogen-bond acceptors (Lipinski definition) is 2. The molecule has 0 unspecified atom stereocenters. The molecule has 0 aromatic carbocycles. The molecule has 2 rings (SSSR count). The Bertz CT molecular complexity index is 261. The normalized spacial score (nSPS) is 35.7. The van der Waals surface area contributed by atoms with E-state index in [9.17, 15) is 0 Å². The highest BCUT2D eigenvalue weighted by Crippen LogP contribution is 2.35. The van der Waals surface area contributed by atoms with Gasteiger partial charge in [-0.3, -0.25) is 4.90 Å². The first-order chi connectivity index (χ1) is 9.61. The van der Waals surface area contributed by atoms with Gasteiger partial charge in [-0.25, -0.2) is 0 Å². The highest BCUT2D eigenvalue weighted by molar-refractivity contribution is 4.87. The van der Waals surface area contributed by atoms with E-state index < -0.39 is 0 Å². The molecule has 20 heavy (non-hydrogen) atoms. The lowest BCUT2D eigenvalue weighted by Crippen LogP contribution is -2.48. The summed E-state index contributed by atoms with van der Waals surface area (Å²) in [7, 11) is 0. The van der Waals surface area contributed by atoms with E-state index in [4.69, 9.17) is 5.73 Å². The molecule has 0 heterocycles. The van der Waals surface area contributed by atoms with Crippen molar-refractivity contribution >= 4 is 0 Å². The minimum Gasteiger partial charge on any atom is -0.328 e. The molecule has 0 aromatic heterocycles. The fourth-order valence-corrected chi connectivity index (χ4v) is 4.45. The number of hydrogen-bond donors (Lipinski definition) is 1. The van der Waals surface area contributed by atoms with Crippen LogP contribution in [0.25, 0.3) is 0 Å². The SMILES string of the molecule is CCCN(C1CCC(N)CC1)C1CCC(C(C)C)CC1. The van der Waals surface area contributed by atoms with Crippen LogP contribution in [0.1, 0.15) is 78.6 Å². The maximum atomic E-state index is 6.08. The summed E-state index contributed by atoms with van der Waals surface area (Å²) < 4.78 is 0. The van der Waals surface area contributed by atoms with Gasteiger partial charge in [0.2, 0.25) is 0 Å². The zero-order valence-corrected chi connectivity index (χ0v) is 14.0. The summed E-state index contributed by atoms with van der Waals surface area (Å²) in [5.74, 6) is 1.86. The largest absolute Gasteiger partial charge is 0.328 e. The van der Waals surface area contributed by atoms with Crippen LogP contribution in [0.4, 0.5) is 0 Å². The summed E-state index contributed by atoms with van der Waals surface area (Å²) in [6.45, 7) is 8.44. The summed E-state index contributed by atoms with van der Waals surface area (Å²) in [5, 5.41) is 0. The molecule has 2 saturated carbocycles. The van der Waals surface area contributed by atoms with Gasteiger partial charge < -0.3 is 5.73 Å². The van der Waals surface area contributed by atoms with Crippen LogP contribution in [0.5, 0.6) is 0 Å². The van der Waals surface area contributed by atoms with Crippen LogP contribution in [0, 0.1) is 11.8 Å². The molecule has 0 spiro atoms. The van der Waals surface area contributed by atoms with E-state index >= 15 is 0 Å². The van der Waals surface area contributed by atoms with E-state index in [1.165, 1.54) is 64.3 Å². The van der Waals surface area contributed by atoms with Gasteiger partial charge in [-0.2, -0.15) is 0 Å². The molecule has 0 aliphatic heterocycles. The fourth-order valence-electron chi connectivity index (χ4n) is 4.45. The first-order valence-corrected chi connectivity index (χ1v) is 9.13. The average molecular weight is 280 g/mol. The molecule has 2 nitrogen and oxygen atoms in total. The third kappa shape index (κ3) is 4.21. The van der Waals surface area contributed by atoms with Crippen molar-refractivity contribution in [1.29, 1.82) is 0 Å². The summed E-state index contributed by atoms with van der Waals surface area (Å²) in [4.78, 5) is 2.88. The first-order valence-electron chi connectivity index (χ1n) is 9.13. The second kappa shape index (κ2) is 7.79. The monoisotopic (exact) mass is 280 g/mol. The summed E-state index contributed by atoms with van der Waals surface area (Å²) in [6.07, 6.45) is 12.2. The molecule has 2 N–H and O–H groups in total. The molecule has 2 aliphatic rings. The van der Waals surface area contributed by atoms with Crippen molar-refractivity contribution in [3.05, 3.63) is 0 Å². The van der Waals surface area contributed by atoms with Crippen molar-refractivity contribution in [2.45, 2.75) is 96.7 Å². The van der Waals surface area contributed by atoms with Crippen molar-refractivity contribution in [3.63, 3.8) is 0 Å². The van der Waals surface area contributed by atoms with Crippen LogP contribution in [0.15, 0.2) is 0 Å². The highest BCUT2D eigenvalue weighted by atomic mass is 15.2. The maximum absolute atomic E-state index is 6.08. The van der Waals surface area contributed by atoms with E-state index in [-0.39, 0.29) is 0 Å². The van der Waals surface area contributed by atoms with Gasteiger partial charge in [0.1, 0.15) is 0 Å². The van der Waals surface area contributed by atoms with Gasteiger partial charge in [-0.1, -0.05) is 20.8 Å². The topological polar surface area (TPSA) is 29.3 Å². The molecule has 2 aliphatic carbocycles. The zero-order chi connectivity index (χ0) is 14.5. The second-order valence-corrected chi connectivity index (χ2v) is 7.62. The predicted octanol–water partition coefficient (Wildman–Crippen LogP) is 4.18. The van der Waals surface area contributed by atoms with E-state index in [1.807, 2.05) is 0 Å². The number of nitrogens with zero attached hydrogens (tertiary/aromatic N) is 1. The molecule has 0 bridgehead atoms. The Labute approximate surface area is 126 Å². The van der Waals surface area contributed by atoms with Crippen LogP contribution in [0.3, 0.4) is 0 Å². The third-order valence-corrected chi connectivity index (χ3v) is 5.85. The first kappa shape index (κ1) is 16.3. The van der Waals surface area contributed by atoms with Gasteiger partial charge in [0.15, 0.2) is 0 Å². The minimum atomic E-state index is 0.478. The Balaban J connectivity index is 1.89. The Hall–Kier alpha value is -0.0800. The van der Waals surface area contributed by atoms with Crippen molar-refractivity contribution in [2.75, 3.05) is 6.54 Å². The lowest BCUT2D eigenvalue weighted by molar-refractivity contribution is 0.0619. The van der Waals surface area contributed by atoms with Crippen LogP contribution >= 0.6 is 0 Å². The minimum absolute atomic E-state index is 0.478. The highest BCUT2D eigenvalue weighted by Gasteiger charge is 2.32. The van der Waals surface area contributed by atoms with E-state index in [2.05, 4.69) is 25.7 Å². The molecule has 0 atom stereocenters. The van der Waals surface area contributed by atoms with Gasteiger partial charge in [-0.05, 0) is 76.2 Å². The van der Waals surface area contributed by atoms with Gasteiger partial charge in [0.25, 0.3) is 0 Å². The van der Waals surface area contributed by atoms with Gasteiger partial charge in [0.05, 0.1) is 0 Å². The summed E-state index contributed by atoms with van der Waals surface area (Å²) >= 11 is 0. The van der Waals surface area contributed by atoms with Crippen LogP contribution < -0.4 is 5.73 Å². The fraction of sp³-hybridized carbons (Fsp3) is 1.00. The maximum Gasteiger partial charge on any atom is 0.00993 e. The Morgan fingerprint density at radius 2 is 1.40 bits per heavy atom. The van der Waals surface area contributed by atoms with Crippen LogP contribution in [-0.2, 0) is 0 Å². The summed E-state index contributed by atoms with van der Waals surface area (Å²) in [6, 6.07) is 2.17. The van der Waals surface area contributed by atoms with Gasteiger partial charge in [0, 0.05) is 18.1 Å². The second-order valence-electron chi connectivity index (χ2n) is 7.62. The predicted molar refractivity (Wildman–Crippen MR) is 87.8 cm³/mol. The average Bonchev–Trinajstić information content (AvgIpc) is 2.46. The lowest BCUT2D eigenvalue weighted by Gasteiger charge is -2.44. The lowest BCUT2D eigenvalue weighted by atomic mass is 9.78. The van der Waals surface area contributed by atoms with E-state index in [0.29, 0.717) is 6.04 Å². The van der Waals surface area contributed by atoms with Gasteiger partial charge in [-0.15, -0.1) is 0 Å². The third-order valence-electron chi connectivity index (χ3n) is 5.85. The quantitative estimate of drug-likeness (QED) is 0.818. The molecular formula is C18H36N2. The van der Waals surface area contributed by atoms with E-state index in [0.717, 1.165) is 23.9 Å². The smallest absolute Gasteiger partial charge is 0.00993 e. The summed E-state index contributed by atoms with van der Waals surface area (Å²) in [5.41, 5.74) is 6.08. The van der Waals surface area contributed by atoms with Crippen molar-refractivity contribution < 1.29 is 0 Å². The van der Waals surface area contributed by atoms with Crippen LogP contribution in [0.2, 0.25) is 0 Å². The molecule has 0 saturated heterocycles. The molecule has 2 fully saturated rings. The van der Waals surface area contributed by atoms with Gasteiger partial charge >= 0.3 is 0 Å². The Kier molecular flexibility index (Phi) is 6.35. The molecule has 0 amide bonds. The van der Waals surface area contributed by atoms with Crippen molar-refractivity contribution in [3.8, 4) is 0 Å². The Morgan fingerprint density at radius 1 is 0.900 bits per heavy atom. The number of nitrogens with two attached hydrogens (primary N) is 1. The molecule has 118 valence electrons. The molecule has 0 radical (unpaired) electrons. The van der Waals surface area contributed by atoms with Crippen LogP contribution in [-0.4, -0.2) is 29.6 Å². The van der Waals surface area contributed by atoms with Crippen molar-refractivity contribution in [2.24, 2.45) is 17.6 Å². The molecular weight excluding hydrogens is 244 g/mol.